The number of rotatable bonds is 4. The zero-order valence-electron chi connectivity index (χ0n) is 12.6. The van der Waals surface area contributed by atoms with Crippen LogP contribution in [0.1, 0.15) is 18.1 Å². The maximum atomic E-state index is 12.0. The lowest BCUT2D eigenvalue weighted by Gasteiger charge is -2.24. The molecule has 0 bridgehead atoms. The summed E-state index contributed by atoms with van der Waals surface area (Å²) < 4.78 is 0. The van der Waals surface area contributed by atoms with Crippen LogP contribution in [0.3, 0.4) is 0 Å². The van der Waals surface area contributed by atoms with E-state index in [0.717, 1.165) is 11.1 Å². The zero-order chi connectivity index (χ0) is 16.2. The SMILES string of the molecule is Cc1ccc(Cl)c(NC(=O)NCC(C)(O)c2ccccc2)c1. The largest absolute Gasteiger partial charge is 0.384 e. The van der Waals surface area contributed by atoms with Crippen molar-refractivity contribution in [1.82, 2.24) is 5.32 Å². The van der Waals surface area contributed by atoms with Crippen molar-refractivity contribution < 1.29 is 9.90 Å². The lowest BCUT2D eigenvalue weighted by atomic mass is 9.96. The fraction of sp³-hybridized carbons (Fsp3) is 0.235. The fourth-order valence-corrected chi connectivity index (χ4v) is 2.22. The Morgan fingerprint density at radius 1 is 1.23 bits per heavy atom. The topological polar surface area (TPSA) is 61.4 Å². The summed E-state index contributed by atoms with van der Waals surface area (Å²) in [6, 6.07) is 14.2. The van der Waals surface area contributed by atoms with E-state index in [4.69, 9.17) is 11.6 Å². The number of hydrogen-bond donors (Lipinski definition) is 3. The van der Waals surface area contributed by atoms with Crippen LogP contribution in [0.2, 0.25) is 5.02 Å². The number of anilines is 1. The van der Waals surface area contributed by atoms with E-state index >= 15 is 0 Å². The summed E-state index contributed by atoms with van der Waals surface area (Å²) in [5.74, 6) is 0. The van der Waals surface area contributed by atoms with Crippen LogP contribution < -0.4 is 10.6 Å². The number of aliphatic hydroxyl groups is 1. The number of carbonyl (C=O) groups is 1. The van der Waals surface area contributed by atoms with E-state index < -0.39 is 11.6 Å². The molecule has 4 nitrogen and oxygen atoms in total. The molecule has 2 aromatic carbocycles. The van der Waals surface area contributed by atoms with Crippen molar-refractivity contribution in [1.29, 1.82) is 0 Å². The smallest absolute Gasteiger partial charge is 0.319 e. The van der Waals surface area contributed by atoms with Crippen molar-refractivity contribution in [2.45, 2.75) is 19.4 Å². The molecule has 0 spiro atoms. The van der Waals surface area contributed by atoms with Crippen molar-refractivity contribution in [3.63, 3.8) is 0 Å². The third-order valence-corrected chi connectivity index (χ3v) is 3.69. The molecule has 0 aliphatic heterocycles. The highest BCUT2D eigenvalue weighted by Crippen LogP contribution is 2.23. The molecule has 0 aromatic heterocycles. The number of amides is 2. The molecule has 5 heteroatoms. The summed E-state index contributed by atoms with van der Waals surface area (Å²) in [5, 5.41) is 16.2. The van der Waals surface area contributed by atoms with E-state index in [1.165, 1.54) is 0 Å². The van der Waals surface area contributed by atoms with Gasteiger partial charge in [-0.1, -0.05) is 48.0 Å². The first-order chi connectivity index (χ1) is 10.4. The third-order valence-electron chi connectivity index (χ3n) is 3.36. The Morgan fingerprint density at radius 2 is 1.91 bits per heavy atom. The van der Waals surface area contributed by atoms with Gasteiger partial charge in [-0.15, -0.1) is 0 Å². The van der Waals surface area contributed by atoms with Gasteiger partial charge in [0, 0.05) is 0 Å². The van der Waals surface area contributed by atoms with Crippen molar-refractivity contribution in [3.8, 4) is 0 Å². The lowest BCUT2D eigenvalue weighted by molar-refractivity contribution is 0.0599. The highest BCUT2D eigenvalue weighted by Gasteiger charge is 2.23. The molecule has 0 heterocycles. The van der Waals surface area contributed by atoms with E-state index in [-0.39, 0.29) is 6.54 Å². The predicted octanol–water partition coefficient (Wildman–Crippen LogP) is 3.68. The Kier molecular flexibility index (Phi) is 5.06. The number of hydrogen-bond acceptors (Lipinski definition) is 2. The Hall–Kier alpha value is -2.04. The third kappa shape index (κ3) is 4.23. The molecule has 0 fully saturated rings. The molecular weight excluding hydrogens is 300 g/mol. The highest BCUT2D eigenvalue weighted by atomic mass is 35.5. The number of halogens is 1. The molecule has 0 aliphatic rings. The first-order valence-electron chi connectivity index (χ1n) is 6.97. The van der Waals surface area contributed by atoms with Crippen LogP contribution in [-0.2, 0) is 5.60 Å². The normalized spacial score (nSPS) is 13.3. The molecule has 116 valence electrons. The minimum atomic E-state index is -1.14. The van der Waals surface area contributed by atoms with Crippen LogP contribution in [0.15, 0.2) is 48.5 Å². The summed E-state index contributed by atoms with van der Waals surface area (Å²) in [7, 11) is 0. The molecule has 0 radical (unpaired) electrons. The molecule has 0 aliphatic carbocycles. The number of aryl methyl sites for hydroxylation is 1. The molecule has 2 amide bonds. The molecule has 1 atom stereocenters. The standard InChI is InChI=1S/C17H19ClN2O2/c1-12-8-9-14(18)15(10-12)20-16(21)19-11-17(2,22)13-6-4-3-5-7-13/h3-10,22H,11H2,1-2H3,(H2,19,20,21). The minimum Gasteiger partial charge on any atom is -0.384 e. The van der Waals surface area contributed by atoms with Crippen LogP contribution in [0.25, 0.3) is 0 Å². The van der Waals surface area contributed by atoms with Crippen molar-refractivity contribution >= 4 is 23.3 Å². The van der Waals surface area contributed by atoms with Crippen LogP contribution in [0.4, 0.5) is 10.5 Å². The van der Waals surface area contributed by atoms with Gasteiger partial charge in [-0.05, 0) is 37.1 Å². The molecule has 0 saturated heterocycles. The van der Waals surface area contributed by atoms with Gasteiger partial charge in [0.1, 0.15) is 5.60 Å². The van der Waals surface area contributed by atoms with E-state index in [1.54, 1.807) is 19.1 Å². The molecule has 22 heavy (non-hydrogen) atoms. The van der Waals surface area contributed by atoms with Gasteiger partial charge in [-0.25, -0.2) is 4.79 Å². The number of urea groups is 1. The average molecular weight is 319 g/mol. The van der Waals surface area contributed by atoms with Crippen molar-refractivity contribution in [2.24, 2.45) is 0 Å². The Morgan fingerprint density at radius 3 is 2.59 bits per heavy atom. The number of carbonyl (C=O) groups excluding carboxylic acids is 1. The summed E-state index contributed by atoms with van der Waals surface area (Å²) in [6.07, 6.45) is 0. The first kappa shape index (κ1) is 16.3. The van der Waals surface area contributed by atoms with Crippen LogP contribution in [-0.4, -0.2) is 17.7 Å². The molecular formula is C17H19ClN2O2. The Labute approximate surface area is 135 Å². The van der Waals surface area contributed by atoms with E-state index in [1.807, 2.05) is 43.3 Å². The Bertz CT molecular complexity index is 657. The second-order valence-corrected chi connectivity index (χ2v) is 5.84. The maximum Gasteiger partial charge on any atom is 0.319 e. The summed E-state index contributed by atoms with van der Waals surface area (Å²) in [6.45, 7) is 3.66. The zero-order valence-corrected chi connectivity index (χ0v) is 13.3. The van der Waals surface area contributed by atoms with Gasteiger partial charge in [0.05, 0.1) is 17.3 Å². The van der Waals surface area contributed by atoms with Gasteiger partial charge >= 0.3 is 6.03 Å². The quantitative estimate of drug-likeness (QED) is 0.805. The molecule has 2 rings (SSSR count). The van der Waals surface area contributed by atoms with Gasteiger partial charge in [0.25, 0.3) is 0 Å². The molecule has 2 aromatic rings. The van der Waals surface area contributed by atoms with Crippen LogP contribution in [0, 0.1) is 6.92 Å². The minimum absolute atomic E-state index is 0.0896. The first-order valence-corrected chi connectivity index (χ1v) is 7.35. The van der Waals surface area contributed by atoms with E-state index in [0.29, 0.717) is 10.7 Å². The molecule has 3 N–H and O–H groups in total. The van der Waals surface area contributed by atoms with Crippen LogP contribution >= 0.6 is 11.6 Å². The van der Waals surface area contributed by atoms with Crippen molar-refractivity contribution in [2.75, 3.05) is 11.9 Å². The van der Waals surface area contributed by atoms with Gasteiger partial charge in [-0.3, -0.25) is 0 Å². The fourth-order valence-electron chi connectivity index (χ4n) is 2.05. The van der Waals surface area contributed by atoms with Gasteiger partial charge in [0.15, 0.2) is 0 Å². The van der Waals surface area contributed by atoms with Gasteiger partial charge in [0.2, 0.25) is 0 Å². The summed E-state index contributed by atoms with van der Waals surface area (Å²) in [4.78, 5) is 12.0. The monoisotopic (exact) mass is 318 g/mol. The Balaban J connectivity index is 1.97. The highest BCUT2D eigenvalue weighted by molar-refractivity contribution is 6.33. The molecule has 1 unspecified atom stereocenters. The second-order valence-electron chi connectivity index (χ2n) is 5.43. The lowest BCUT2D eigenvalue weighted by Crippen LogP contribution is -2.40. The van der Waals surface area contributed by atoms with Crippen molar-refractivity contribution in [3.05, 3.63) is 64.7 Å². The number of nitrogens with one attached hydrogen (secondary N) is 2. The summed E-state index contributed by atoms with van der Waals surface area (Å²) in [5.41, 5.74) is 1.13. The summed E-state index contributed by atoms with van der Waals surface area (Å²) >= 11 is 6.03. The second kappa shape index (κ2) is 6.81. The van der Waals surface area contributed by atoms with Gasteiger partial charge < -0.3 is 15.7 Å². The van der Waals surface area contributed by atoms with E-state index in [9.17, 15) is 9.90 Å². The van der Waals surface area contributed by atoms with E-state index in [2.05, 4.69) is 10.6 Å². The molecule has 0 saturated carbocycles. The maximum absolute atomic E-state index is 12.0. The number of benzene rings is 2. The average Bonchev–Trinajstić information content (AvgIpc) is 2.50. The predicted molar refractivity (Wildman–Crippen MR) is 89.2 cm³/mol. The van der Waals surface area contributed by atoms with Crippen LogP contribution in [0.5, 0.6) is 0 Å². The van der Waals surface area contributed by atoms with Gasteiger partial charge in [-0.2, -0.15) is 0 Å².